The number of carbonyl (C=O) groups excluding carboxylic acids is 2. The van der Waals surface area contributed by atoms with Gasteiger partial charge in [0.1, 0.15) is 5.69 Å². The summed E-state index contributed by atoms with van der Waals surface area (Å²) in [5.74, 6) is -0.628. The number of rotatable bonds is 3. The first kappa shape index (κ1) is 16.0. The van der Waals surface area contributed by atoms with E-state index in [4.69, 9.17) is 0 Å². The summed E-state index contributed by atoms with van der Waals surface area (Å²) in [5.41, 5.74) is 1.86. The van der Waals surface area contributed by atoms with Gasteiger partial charge in [-0.3, -0.25) is 9.59 Å². The molecule has 1 aliphatic rings. The summed E-state index contributed by atoms with van der Waals surface area (Å²) in [6.45, 7) is 2.66. The molecule has 0 bridgehead atoms. The van der Waals surface area contributed by atoms with E-state index in [2.05, 4.69) is 20.2 Å². The Balaban J connectivity index is 1.61. The van der Waals surface area contributed by atoms with E-state index in [0.717, 1.165) is 5.69 Å². The number of para-hydroxylation sites is 1. The minimum absolute atomic E-state index is 0.234. The van der Waals surface area contributed by atoms with E-state index >= 15 is 0 Å². The average molecular weight is 351 g/mol. The Morgan fingerprint density at radius 3 is 2.46 bits per heavy atom. The molecule has 0 unspecified atom stereocenters. The molecule has 0 atom stereocenters. The van der Waals surface area contributed by atoms with Gasteiger partial charge < -0.3 is 4.98 Å². The number of H-pyrrole nitrogens is 1. The van der Waals surface area contributed by atoms with Crippen molar-refractivity contribution in [1.82, 2.24) is 35.0 Å². The van der Waals surface area contributed by atoms with Crippen molar-refractivity contribution in [2.24, 2.45) is 0 Å². The second-order valence-corrected chi connectivity index (χ2v) is 5.93. The number of hydrazine groups is 1. The molecule has 1 N–H and O–H groups in total. The number of aromatic nitrogens is 5. The Morgan fingerprint density at radius 2 is 1.77 bits per heavy atom. The Bertz CT molecular complexity index is 933. The van der Waals surface area contributed by atoms with Gasteiger partial charge in [0.2, 0.25) is 0 Å². The number of amides is 2. The van der Waals surface area contributed by atoms with Crippen LogP contribution in [0.25, 0.3) is 5.69 Å². The third-order valence-electron chi connectivity index (χ3n) is 4.20. The average Bonchev–Trinajstić information content (AvgIpc) is 3.41. The van der Waals surface area contributed by atoms with Crippen LogP contribution < -0.4 is 0 Å². The minimum Gasteiger partial charge on any atom is -0.341 e. The summed E-state index contributed by atoms with van der Waals surface area (Å²) in [4.78, 5) is 33.6. The van der Waals surface area contributed by atoms with Crippen molar-refractivity contribution in [1.29, 1.82) is 0 Å². The number of benzene rings is 1. The Hall–Kier alpha value is -3.49. The molecule has 2 amide bonds. The van der Waals surface area contributed by atoms with E-state index in [9.17, 15) is 9.59 Å². The topological polar surface area (TPSA) is 100 Å². The zero-order valence-corrected chi connectivity index (χ0v) is 14.2. The van der Waals surface area contributed by atoms with Crippen LogP contribution in [0, 0.1) is 6.92 Å². The van der Waals surface area contributed by atoms with Gasteiger partial charge >= 0.3 is 0 Å². The largest absolute Gasteiger partial charge is 0.341 e. The summed E-state index contributed by atoms with van der Waals surface area (Å²) >= 11 is 0. The van der Waals surface area contributed by atoms with Gasteiger partial charge in [-0.15, -0.1) is 5.10 Å². The number of carbonyl (C=O) groups is 2. The smallest absolute Gasteiger partial charge is 0.294 e. The highest BCUT2D eigenvalue weighted by atomic mass is 16.2. The molecule has 9 heteroatoms. The van der Waals surface area contributed by atoms with Gasteiger partial charge in [0.25, 0.3) is 11.8 Å². The van der Waals surface area contributed by atoms with Crippen LogP contribution in [0.15, 0.2) is 42.9 Å². The van der Waals surface area contributed by atoms with Crippen LogP contribution in [0.4, 0.5) is 0 Å². The van der Waals surface area contributed by atoms with Gasteiger partial charge in [0, 0.05) is 13.1 Å². The van der Waals surface area contributed by atoms with Crippen LogP contribution in [0.2, 0.25) is 0 Å². The van der Waals surface area contributed by atoms with E-state index in [1.54, 1.807) is 6.92 Å². The summed E-state index contributed by atoms with van der Waals surface area (Å²) in [5, 5.41) is 11.5. The first-order chi connectivity index (χ1) is 12.6. The van der Waals surface area contributed by atoms with E-state index in [0.29, 0.717) is 30.9 Å². The molecule has 132 valence electrons. The lowest BCUT2D eigenvalue weighted by Gasteiger charge is -2.26. The number of aryl methyl sites for hydroxylation is 1. The highest BCUT2D eigenvalue weighted by Gasteiger charge is 2.34. The second kappa shape index (κ2) is 6.43. The zero-order valence-electron chi connectivity index (χ0n) is 14.2. The maximum atomic E-state index is 13.0. The number of hydrogen-bond acceptors (Lipinski definition) is 5. The number of imidazole rings is 1. The molecular weight excluding hydrogens is 334 g/mol. The van der Waals surface area contributed by atoms with Gasteiger partial charge in [-0.25, -0.2) is 15.0 Å². The second-order valence-electron chi connectivity index (χ2n) is 5.93. The molecule has 0 radical (unpaired) electrons. The first-order valence-electron chi connectivity index (χ1n) is 8.26. The molecule has 1 fully saturated rings. The van der Waals surface area contributed by atoms with Crippen molar-refractivity contribution in [3.05, 3.63) is 59.9 Å². The standard InChI is InChI=1S/C17H17N7O2/c1-12-15(21-24(20-12)13-6-3-2-4-7-13)17(26)23-9-5-8-22(23)16(25)14-10-18-11-19-14/h2-4,6-7,10-11H,5,8-9H2,1H3,(H,18,19). The molecule has 1 aromatic carbocycles. The van der Waals surface area contributed by atoms with Gasteiger partial charge in [0.15, 0.2) is 5.69 Å². The van der Waals surface area contributed by atoms with Crippen LogP contribution in [0.3, 0.4) is 0 Å². The van der Waals surface area contributed by atoms with Gasteiger partial charge in [-0.1, -0.05) is 18.2 Å². The maximum absolute atomic E-state index is 13.0. The third kappa shape index (κ3) is 2.73. The van der Waals surface area contributed by atoms with E-state index in [-0.39, 0.29) is 17.5 Å². The molecule has 0 aliphatic carbocycles. The monoisotopic (exact) mass is 351 g/mol. The number of nitrogens with one attached hydrogen (secondary N) is 1. The predicted octanol–water partition coefficient (Wildman–Crippen LogP) is 1.20. The SMILES string of the molecule is Cc1nn(-c2ccccc2)nc1C(=O)N1CCCN1C(=O)c1cnc[nH]1. The molecule has 3 aromatic rings. The molecule has 9 nitrogen and oxygen atoms in total. The summed E-state index contributed by atoms with van der Waals surface area (Å²) in [7, 11) is 0. The normalized spacial score (nSPS) is 14.0. The molecular formula is C17H17N7O2. The minimum atomic E-state index is -0.338. The third-order valence-corrected chi connectivity index (χ3v) is 4.20. The van der Waals surface area contributed by atoms with Crippen LogP contribution in [0.5, 0.6) is 0 Å². The Labute approximate surface area is 149 Å². The highest BCUT2D eigenvalue weighted by molar-refractivity contribution is 5.98. The summed E-state index contributed by atoms with van der Waals surface area (Å²) in [6.07, 6.45) is 3.59. The molecule has 26 heavy (non-hydrogen) atoms. The Kier molecular flexibility index (Phi) is 3.96. The van der Waals surface area contributed by atoms with Crippen LogP contribution in [-0.4, -0.2) is 59.9 Å². The van der Waals surface area contributed by atoms with Crippen LogP contribution in [-0.2, 0) is 0 Å². The first-order valence-corrected chi connectivity index (χ1v) is 8.26. The van der Waals surface area contributed by atoms with Crippen molar-refractivity contribution >= 4 is 11.8 Å². The van der Waals surface area contributed by atoms with E-state index < -0.39 is 0 Å². The van der Waals surface area contributed by atoms with Crippen molar-refractivity contribution < 1.29 is 9.59 Å². The lowest BCUT2D eigenvalue weighted by molar-refractivity contribution is 0.0178. The molecule has 4 rings (SSSR count). The highest BCUT2D eigenvalue weighted by Crippen LogP contribution is 2.18. The zero-order chi connectivity index (χ0) is 18.1. The fourth-order valence-corrected chi connectivity index (χ4v) is 2.92. The molecule has 3 heterocycles. The van der Waals surface area contributed by atoms with Crippen molar-refractivity contribution in [3.8, 4) is 5.69 Å². The van der Waals surface area contributed by atoms with E-state index in [1.165, 1.54) is 27.3 Å². The fourth-order valence-electron chi connectivity index (χ4n) is 2.92. The van der Waals surface area contributed by atoms with Gasteiger partial charge in [-0.2, -0.15) is 9.90 Å². The number of hydrogen-bond donors (Lipinski definition) is 1. The molecule has 2 aromatic heterocycles. The fraction of sp³-hybridized carbons (Fsp3) is 0.235. The molecule has 0 saturated carbocycles. The van der Waals surface area contributed by atoms with Crippen molar-refractivity contribution in [2.45, 2.75) is 13.3 Å². The summed E-state index contributed by atoms with van der Waals surface area (Å²) in [6, 6.07) is 9.37. The lowest BCUT2D eigenvalue weighted by Crippen LogP contribution is -2.45. The number of nitrogens with zero attached hydrogens (tertiary/aromatic N) is 6. The molecule has 1 aliphatic heterocycles. The lowest BCUT2D eigenvalue weighted by atomic mass is 10.3. The van der Waals surface area contributed by atoms with Crippen molar-refractivity contribution in [3.63, 3.8) is 0 Å². The maximum Gasteiger partial charge on any atom is 0.294 e. The Morgan fingerprint density at radius 1 is 1.04 bits per heavy atom. The van der Waals surface area contributed by atoms with Crippen molar-refractivity contribution in [2.75, 3.05) is 13.1 Å². The van der Waals surface area contributed by atoms with E-state index in [1.807, 2.05) is 30.3 Å². The van der Waals surface area contributed by atoms with Gasteiger partial charge in [0.05, 0.1) is 23.9 Å². The molecule has 0 spiro atoms. The van der Waals surface area contributed by atoms with Gasteiger partial charge in [-0.05, 0) is 25.5 Å². The van der Waals surface area contributed by atoms with Crippen LogP contribution >= 0.6 is 0 Å². The summed E-state index contributed by atoms with van der Waals surface area (Å²) < 4.78 is 0. The quantitative estimate of drug-likeness (QED) is 0.764. The molecule has 1 saturated heterocycles. The van der Waals surface area contributed by atoms with Crippen LogP contribution in [0.1, 0.15) is 33.1 Å². The predicted molar refractivity (Wildman–Crippen MR) is 91.4 cm³/mol. The number of aromatic amines is 1.